The van der Waals surface area contributed by atoms with Gasteiger partial charge >= 0.3 is 0 Å². The summed E-state index contributed by atoms with van der Waals surface area (Å²) in [5.74, 6) is 1.68. The van der Waals surface area contributed by atoms with E-state index in [2.05, 4.69) is 56.1 Å². The molecule has 0 aliphatic rings. The molecule has 0 unspecified atom stereocenters. The molecule has 0 saturated heterocycles. The molecule has 2 aromatic carbocycles. The van der Waals surface area contributed by atoms with E-state index in [1.807, 2.05) is 30.3 Å². The van der Waals surface area contributed by atoms with E-state index in [1.54, 1.807) is 0 Å². The van der Waals surface area contributed by atoms with Crippen LogP contribution in [-0.4, -0.2) is 11.6 Å². The number of nitrogens with two attached hydrogens (primary N) is 1. The van der Waals surface area contributed by atoms with Crippen LogP contribution in [-0.2, 0) is 6.42 Å². The fourth-order valence-electron chi connectivity index (χ4n) is 3.29. The van der Waals surface area contributed by atoms with E-state index in [4.69, 9.17) is 10.5 Å². The molecular formula is C25H27N3O. The quantitative estimate of drug-likeness (QED) is 0.553. The van der Waals surface area contributed by atoms with Gasteiger partial charge in [0.25, 0.3) is 0 Å². The molecule has 0 amide bonds. The van der Waals surface area contributed by atoms with Gasteiger partial charge in [-0.05, 0) is 48.1 Å². The molecule has 0 fully saturated rings. The summed E-state index contributed by atoms with van der Waals surface area (Å²) in [4.78, 5) is 4.48. The van der Waals surface area contributed by atoms with E-state index in [1.165, 1.54) is 5.56 Å². The molecule has 3 aromatic rings. The van der Waals surface area contributed by atoms with E-state index in [0.29, 0.717) is 18.1 Å². The number of hydrogen-bond donors (Lipinski definition) is 1. The highest BCUT2D eigenvalue weighted by molar-refractivity contribution is 5.80. The van der Waals surface area contributed by atoms with Gasteiger partial charge in [0, 0.05) is 11.1 Å². The first kappa shape index (κ1) is 20.4. The molecule has 4 nitrogen and oxygen atoms in total. The molecule has 2 N–H and O–H groups in total. The minimum Gasteiger partial charge on any atom is -0.494 e. The Morgan fingerprint density at radius 1 is 1.03 bits per heavy atom. The Kier molecular flexibility index (Phi) is 6.51. The van der Waals surface area contributed by atoms with Gasteiger partial charge in [-0.25, -0.2) is 4.98 Å². The van der Waals surface area contributed by atoms with Gasteiger partial charge in [0.15, 0.2) is 0 Å². The normalized spacial score (nSPS) is 10.7. The van der Waals surface area contributed by atoms with Crippen LogP contribution in [0.1, 0.15) is 38.3 Å². The van der Waals surface area contributed by atoms with Gasteiger partial charge in [0.1, 0.15) is 23.2 Å². The standard InChI is InChI=1S/C25H27N3O/c1-4-13-29-21-11-9-19(10-12-21)22-15-24(28-25(27)23(22)16-26)20-7-5-18(6-8-20)14-17(2)3/h5-12,15,17H,4,13-14H2,1-3H3,(H2,27,28). The smallest absolute Gasteiger partial charge is 0.142 e. The molecule has 0 radical (unpaired) electrons. The number of ether oxygens (including phenoxy) is 1. The molecule has 0 spiro atoms. The highest BCUT2D eigenvalue weighted by atomic mass is 16.5. The van der Waals surface area contributed by atoms with E-state index < -0.39 is 0 Å². The molecule has 1 aromatic heterocycles. The average molecular weight is 386 g/mol. The van der Waals surface area contributed by atoms with E-state index >= 15 is 0 Å². The van der Waals surface area contributed by atoms with Gasteiger partial charge in [0.05, 0.1) is 12.3 Å². The predicted molar refractivity (Wildman–Crippen MR) is 119 cm³/mol. The van der Waals surface area contributed by atoms with Gasteiger partial charge in [-0.3, -0.25) is 0 Å². The van der Waals surface area contributed by atoms with E-state index in [9.17, 15) is 5.26 Å². The van der Waals surface area contributed by atoms with Gasteiger partial charge < -0.3 is 10.5 Å². The summed E-state index contributed by atoms with van der Waals surface area (Å²) in [5, 5.41) is 9.62. The zero-order valence-electron chi connectivity index (χ0n) is 17.3. The topological polar surface area (TPSA) is 71.9 Å². The first-order chi connectivity index (χ1) is 14.0. The molecule has 0 aliphatic heterocycles. The minimum absolute atomic E-state index is 0.248. The van der Waals surface area contributed by atoms with E-state index in [-0.39, 0.29) is 5.82 Å². The van der Waals surface area contributed by atoms with Crippen LogP contribution in [0.2, 0.25) is 0 Å². The van der Waals surface area contributed by atoms with Crippen LogP contribution < -0.4 is 10.5 Å². The summed E-state index contributed by atoms with van der Waals surface area (Å²) in [6, 6.07) is 20.3. The maximum absolute atomic E-state index is 9.62. The minimum atomic E-state index is 0.248. The SMILES string of the molecule is CCCOc1ccc(-c2cc(-c3ccc(CC(C)C)cc3)nc(N)c2C#N)cc1. The lowest BCUT2D eigenvalue weighted by Crippen LogP contribution is -2.00. The van der Waals surface area contributed by atoms with Crippen LogP contribution in [0.25, 0.3) is 22.4 Å². The van der Waals surface area contributed by atoms with Gasteiger partial charge in [-0.15, -0.1) is 0 Å². The Balaban J connectivity index is 1.98. The Hall–Kier alpha value is -3.32. The Morgan fingerprint density at radius 3 is 2.28 bits per heavy atom. The highest BCUT2D eigenvalue weighted by Gasteiger charge is 2.14. The fourth-order valence-corrected chi connectivity index (χ4v) is 3.29. The maximum atomic E-state index is 9.62. The molecule has 29 heavy (non-hydrogen) atoms. The van der Waals surface area contributed by atoms with Crippen LogP contribution in [0, 0.1) is 17.2 Å². The first-order valence-corrected chi connectivity index (χ1v) is 10.0. The van der Waals surface area contributed by atoms with E-state index in [0.717, 1.165) is 41.0 Å². The largest absolute Gasteiger partial charge is 0.494 e. The number of hydrogen-bond acceptors (Lipinski definition) is 4. The van der Waals surface area contributed by atoms with Gasteiger partial charge in [0.2, 0.25) is 0 Å². The first-order valence-electron chi connectivity index (χ1n) is 10.0. The number of rotatable bonds is 7. The average Bonchev–Trinajstić information content (AvgIpc) is 2.72. The van der Waals surface area contributed by atoms with Crippen LogP contribution in [0.4, 0.5) is 5.82 Å². The van der Waals surface area contributed by atoms with Gasteiger partial charge in [-0.1, -0.05) is 57.2 Å². The summed E-state index contributed by atoms with van der Waals surface area (Å²) in [6.45, 7) is 7.18. The summed E-state index contributed by atoms with van der Waals surface area (Å²) in [5.41, 5.74) is 11.3. The monoisotopic (exact) mass is 385 g/mol. The third-order valence-corrected chi connectivity index (χ3v) is 4.69. The number of nitrogens with zero attached hydrogens (tertiary/aromatic N) is 2. The maximum Gasteiger partial charge on any atom is 0.142 e. The number of benzene rings is 2. The second kappa shape index (κ2) is 9.25. The summed E-state index contributed by atoms with van der Waals surface area (Å²) in [6.07, 6.45) is 2.00. The van der Waals surface area contributed by atoms with Crippen molar-refractivity contribution in [3.05, 3.63) is 65.7 Å². The molecule has 4 heteroatoms. The summed E-state index contributed by atoms with van der Waals surface area (Å²) < 4.78 is 5.66. The number of aromatic nitrogens is 1. The summed E-state index contributed by atoms with van der Waals surface area (Å²) >= 11 is 0. The zero-order valence-corrected chi connectivity index (χ0v) is 17.3. The second-order valence-electron chi connectivity index (χ2n) is 7.59. The van der Waals surface area contributed by atoms with Crippen LogP contribution in [0.15, 0.2) is 54.6 Å². The van der Waals surface area contributed by atoms with Crippen molar-refractivity contribution >= 4 is 5.82 Å². The molecule has 3 rings (SSSR count). The zero-order chi connectivity index (χ0) is 20.8. The lowest BCUT2D eigenvalue weighted by molar-refractivity contribution is 0.317. The number of nitrogen functional groups attached to an aromatic ring is 1. The predicted octanol–water partition coefficient (Wildman–Crippen LogP) is 5.86. The molecule has 0 bridgehead atoms. The van der Waals surface area contributed by atoms with Crippen molar-refractivity contribution in [2.45, 2.75) is 33.6 Å². The van der Waals surface area contributed by atoms with Crippen molar-refractivity contribution in [2.24, 2.45) is 5.92 Å². The van der Waals surface area contributed by atoms with Crippen molar-refractivity contribution < 1.29 is 4.74 Å². The number of nitriles is 1. The molecule has 148 valence electrons. The Morgan fingerprint density at radius 2 is 1.69 bits per heavy atom. The van der Waals surface area contributed by atoms with Crippen molar-refractivity contribution in [3.63, 3.8) is 0 Å². The second-order valence-corrected chi connectivity index (χ2v) is 7.59. The summed E-state index contributed by atoms with van der Waals surface area (Å²) in [7, 11) is 0. The van der Waals surface area contributed by atoms with Crippen molar-refractivity contribution in [2.75, 3.05) is 12.3 Å². The molecule has 0 saturated carbocycles. The Labute approximate surface area is 173 Å². The van der Waals surface area contributed by atoms with Crippen molar-refractivity contribution in [1.82, 2.24) is 4.98 Å². The van der Waals surface area contributed by atoms with Crippen LogP contribution >= 0.6 is 0 Å². The number of anilines is 1. The molecule has 1 heterocycles. The highest BCUT2D eigenvalue weighted by Crippen LogP contribution is 2.32. The van der Waals surface area contributed by atoms with Crippen molar-refractivity contribution in [3.8, 4) is 34.2 Å². The van der Waals surface area contributed by atoms with Crippen LogP contribution in [0.5, 0.6) is 5.75 Å². The fraction of sp³-hybridized carbons (Fsp3) is 0.280. The van der Waals surface area contributed by atoms with Crippen LogP contribution in [0.3, 0.4) is 0 Å². The Bertz CT molecular complexity index is 1000. The third-order valence-electron chi connectivity index (χ3n) is 4.69. The lowest BCUT2D eigenvalue weighted by Gasteiger charge is -2.12. The van der Waals surface area contributed by atoms with Gasteiger partial charge in [-0.2, -0.15) is 5.26 Å². The lowest BCUT2D eigenvalue weighted by atomic mass is 9.97. The molecular weight excluding hydrogens is 358 g/mol. The third kappa shape index (κ3) is 4.94. The number of pyridine rings is 1. The molecule has 0 aliphatic carbocycles. The van der Waals surface area contributed by atoms with Crippen molar-refractivity contribution in [1.29, 1.82) is 5.26 Å². The molecule has 0 atom stereocenters.